The SMILES string of the molecule is Cc1ccc(Cn2c(S[C@H](C(=O)NC3CC3)c3ccccc3)nc3ccccc3c2=O)cc1. The fourth-order valence-corrected chi connectivity index (χ4v) is 4.87. The minimum Gasteiger partial charge on any atom is -0.352 e. The summed E-state index contributed by atoms with van der Waals surface area (Å²) < 4.78 is 1.69. The molecule has 0 bridgehead atoms. The number of thioether (sulfide) groups is 1. The largest absolute Gasteiger partial charge is 0.352 e. The Hall–Kier alpha value is -3.38. The minimum absolute atomic E-state index is 0.0435. The van der Waals surface area contributed by atoms with Crippen LogP contribution in [0.1, 0.15) is 34.8 Å². The van der Waals surface area contributed by atoms with Crippen molar-refractivity contribution in [3.05, 3.63) is 106 Å². The fraction of sp³-hybridized carbons (Fsp3) is 0.222. The van der Waals surface area contributed by atoms with Crippen molar-refractivity contribution in [3.63, 3.8) is 0 Å². The van der Waals surface area contributed by atoms with Crippen molar-refractivity contribution in [2.45, 2.75) is 42.8 Å². The molecule has 3 aromatic carbocycles. The molecule has 0 aliphatic heterocycles. The summed E-state index contributed by atoms with van der Waals surface area (Å²) in [5.41, 5.74) is 3.61. The number of benzene rings is 3. The first-order chi connectivity index (χ1) is 16.1. The van der Waals surface area contributed by atoms with Gasteiger partial charge in [-0.15, -0.1) is 0 Å². The second-order valence-corrected chi connectivity index (χ2v) is 9.55. The van der Waals surface area contributed by atoms with Crippen molar-refractivity contribution in [1.29, 1.82) is 0 Å². The van der Waals surface area contributed by atoms with Crippen LogP contribution in [-0.4, -0.2) is 21.5 Å². The van der Waals surface area contributed by atoms with E-state index in [4.69, 9.17) is 4.98 Å². The van der Waals surface area contributed by atoms with E-state index in [1.807, 2.05) is 79.7 Å². The predicted octanol–water partition coefficient (Wildman–Crippen LogP) is 4.87. The number of hydrogen-bond acceptors (Lipinski definition) is 4. The van der Waals surface area contributed by atoms with Gasteiger partial charge in [0.2, 0.25) is 5.91 Å². The molecule has 0 radical (unpaired) electrons. The molecule has 1 aliphatic carbocycles. The van der Waals surface area contributed by atoms with Gasteiger partial charge in [-0.1, -0.05) is 84.1 Å². The summed E-state index contributed by atoms with van der Waals surface area (Å²) in [4.78, 5) is 31.6. The number of hydrogen-bond donors (Lipinski definition) is 1. The molecule has 1 saturated carbocycles. The van der Waals surface area contributed by atoms with Crippen LogP contribution in [0, 0.1) is 6.92 Å². The Morgan fingerprint density at radius 3 is 2.45 bits per heavy atom. The maximum atomic E-state index is 13.5. The average Bonchev–Trinajstić information content (AvgIpc) is 3.65. The molecule has 1 amide bonds. The number of carbonyl (C=O) groups excluding carboxylic acids is 1. The molecule has 0 saturated heterocycles. The van der Waals surface area contributed by atoms with E-state index in [2.05, 4.69) is 5.32 Å². The maximum Gasteiger partial charge on any atom is 0.262 e. The van der Waals surface area contributed by atoms with E-state index in [-0.39, 0.29) is 17.5 Å². The van der Waals surface area contributed by atoms with Crippen LogP contribution in [0.3, 0.4) is 0 Å². The van der Waals surface area contributed by atoms with Gasteiger partial charge in [-0.05, 0) is 43.0 Å². The Balaban J connectivity index is 1.59. The molecule has 1 fully saturated rings. The predicted molar refractivity (Wildman–Crippen MR) is 132 cm³/mol. The van der Waals surface area contributed by atoms with Crippen molar-refractivity contribution in [2.24, 2.45) is 0 Å². The zero-order valence-corrected chi connectivity index (χ0v) is 19.2. The number of amides is 1. The lowest BCUT2D eigenvalue weighted by molar-refractivity contribution is -0.120. The second kappa shape index (κ2) is 9.24. The third kappa shape index (κ3) is 4.86. The van der Waals surface area contributed by atoms with Crippen LogP contribution in [-0.2, 0) is 11.3 Å². The summed E-state index contributed by atoms with van der Waals surface area (Å²) in [6.07, 6.45) is 2.04. The highest BCUT2D eigenvalue weighted by Crippen LogP contribution is 2.36. The molecule has 1 N–H and O–H groups in total. The molecule has 0 spiro atoms. The molecule has 1 heterocycles. The Morgan fingerprint density at radius 1 is 1.03 bits per heavy atom. The first kappa shape index (κ1) is 21.5. The van der Waals surface area contributed by atoms with Gasteiger partial charge in [-0.2, -0.15) is 0 Å². The summed E-state index contributed by atoms with van der Waals surface area (Å²) in [6.45, 7) is 2.43. The molecule has 5 rings (SSSR count). The van der Waals surface area contributed by atoms with Gasteiger partial charge < -0.3 is 5.32 Å². The second-order valence-electron chi connectivity index (χ2n) is 8.48. The number of fused-ring (bicyclic) bond motifs is 1. The number of nitrogens with zero attached hydrogens (tertiary/aromatic N) is 2. The Bertz CT molecular complexity index is 1350. The summed E-state index contributed by atoms with van der Waals surface area (Å²) in [5.74, 6) is -0.0435. The highest BCUT2D eigenvalue weighted by molar-refractivity contribution is 8.00. The summed E-state index contributed by atoms with van der Waals surface area (Å²) in [6, 6.07) is 25.5. The van der Waals surface area contributed by atoms with Crippen molar-refractivity contribution in [3.8, 4) is 0 Å². The molecular formula is C27H25N3O2S. The first-order valence-electron chi connectivity index (χ1n) is 11.2. The zero-order valence-electron chi connectivity index (χ0n) is 18.4. The molecule has 1 aliphatic rings. The van der Waals surface area contributed by atoms with Gasteiger partial charge in [0.1, 0.15) is 5.25 Å². The number of carbonyl (C=O) groups is 1. The van der Waals surface area contributed by atoms with E-state index < -0.39 is 5.25 Å². The van der Waals surface area contributed by atoms with Gasteiger partial charge in [0.25, 0.3) is 5.56 Å². The van der Waals surface area contributed by atoms with Crippen molar-refractivity contribution in [2.75, 3.05) is 0 Å². The van der Waals surface area contributed by atoms with Crippen LogP contribution in [0.25, 0.3) is 10.9 Å². The molecule has 1 aromatic heterocycles. The first-order valence-corrected chi connectivity index (χ1v) is 12.0. The highest BCUT2D eigenvalue weighted by atomic mass is 32.2. The summed E-state index contributed by atoms with van der Waals surface area (Å²) in [7, 11) is 0. The third-order valence-electron chi connectivity index (χ3n) is 5.78. The highest BCUT2D eigenvalue weighted by Gasteiger charge is 2.30. The van der Waals surface area contributed by atoms with Crippen molar-refractivity contribution < 1.29 is 4.79 Å². The van der Waals surface area contributed by atoms with Gasteiger partial charge in [0.05, 0.1) is 17.4 Å². The fourth-order valence-electron chi connectivity index (χ4n) is 3.76. The normalized spacial score (nSPS) is 14.2. The monoisotopic (exact) mass is 455 g/mol. The van der Waals surface area contributed by atoms with Gasteiger partial charge in [0.15, 0.2) is 5.16 Å². The third-order valence-corrected chi connectivity index (χ3v) is 7.02. The Labute approximate surface area is 196 Å². The van der Waals surface area contributed by atoms with E-state index >= 15 is 0 Å². The summed E-state index contributed by atoms with van der Waals surface area (Å²) >= 11 is 1.34. The van der Waals surface area contributed by atoms with Crippen LogP contribution in [0.15, 0.2) is 88.8 Å². The molecule has 5 nitrogen and oxygen atoms in total. The van der Waals surface area contributed by atoms with E-state index in [0.29, 0.717) is 22.6 Å². The maximum absolute atomic E-state index is 13.5. The molecule has 33 heavy (non-hydrogen) atoms. The van der Waals surface area contributed by atoms with Crippen molar-refractivity contribution >= 4 is 28.6 Å². The van der Waals surface area contributed by atoms with E-state index in [1.54, 1.807) is 10.6 Å². The molecule has 166 valence electrons. The lowest BCUT2D eigenvalue weighted by Gasteiger charge is -2.19. The molecular weight excluding hydrogens is 430 g/mol. The van der Waals surface area contributed by atoms with E-state index in [0.717, 1.165) is 24.0 Å². The average molecular weight is 456 g/mol. The van der Waals surface area contributed by atoms with Crippen LogP contribution in [0.5, 0.6) is 0 Å². The van der Waals surface area contributed by atoms with Crippen LogP contribution < -0.4 is 10.9 Å². The number of rotatable bonds is 7. The van der Waals surface area contributed by atoms with Gasteiger partial charge >= 0.3 is 0 Å². The standard InChI is InChI=1S/C27H25N3O2S/c1-18-11-13-19(14-12-18)17-30-26(32)22-9-5-6-10-23(22)29-27(30)33-24(20-7-3-2-4-8-20)25(31)28-21-15-16-21/h2-14,21,24H,15-17H2,1H3,(H,28,31)/t24-/m0/s1. The summed E-state index contributed by atoms with van der Waals surface area (Å²) in [5, 5.41) is 3.75. The van der Waals surface area contributed by atoms with Gasteiger partial charge in [-0.3, -0.25) is 14.2 Å². The Morgan fingerprint density at radius 2 is 1.73 bits per heavy atom. The van der Waals surface area contributed by atoms with E-state index in [1.165, 1.54) is 17.3 Å². The molecule has 1 atom stereocenters. The lowest BCUT2D eigenvalue weighted by Crippen LogP contribution is -2.31. The number of aromatic nitrogens is 2. The van der Waals surface area contributed by atoms with Crippen LogP contribution >= 0.6 is 11.8 Å². The topological polar surface area (TPSA) is 64.0 Å². The molecule has 6 heteroatoms. The van der Waals surface area contributed by atoms with E-state index in [9.17, 15) is 9.59 Å². The zero-order chi connectivity index (χ0) is 22.8. The van der Waals surface area contributed by atoms with Gasteiger partial charge in [-0.25, -0.2) is 4.98 Å². The molecule has 4 aromatic rings. The van der Waals surface area contributed by atoms with Crippen molar-refractivity contribution in [1.82, 2.24) is 14.9 Å². The lowest BCUT2D eigenvalue weighted by atomic mass is 10.1. The van der Waals surface area contributed by atoms with Gasteiger partial charge in [0, 0.05) is 6.04 Å². The van der Waals surface area contributed by atoms with Crippen LogP contribution in [0.2, 0.25) is 0 Å². The van der Waals surface area contributed by atoms with Crippen LogP contribution in [0.4, 0.5) is 0 Å². The quantitative estimate of drug-likeness (QED) is 0.319. The number of para-hydroxylation sites is 1. The smallest absolute Gasteiger partial charge is 0.262 e. The Kier molecular flexibility index (Phi) is 6.01. The number of nitrogens with one attached hydrogen (secondary N) is 1. The number of aryl methyl sites for hydroxylation is 1. The molecule has 0 unspecified atom stereocenters. The minimum atomic E-state index is -0.496.